The first-order valence-corrected chi connectivity index (χ1v) is 12.0. The molecule has 37 heavy (non-hydrogen) atoms. The molecule has 1 fully saturated rings. The van der Waals surface area contributed by atoms with Crippen LogP contribution in [0.4, 0.5) is 26.4 Å². The van der Waals surface area contributed by atoms with Crippen LogP contribution >= 0.6 is 11.6 Å². The van der Waals surface area contributed by atoms with E-state index < -0.39 is 11.8 Å². The number of aryl methyl sites for hydroxylation is 1. The zero-order valence-corrected chi connectivity index (χ0v) is 20.9. The number of fused-ring (bicyclic) bond motifs is 1. The zero-order valence-electron chi connectivity index (χ0n) is 20.1. The van der Waals surface area contributed by atoms with Gasteiger partial charge in [-0.3, -0.25) is 4.90 Å². The molecule has 1 saturated heterocycles. The summed E-state index contributed by atoms with van der Waals surface area (Å²) in [4.78, 5) is 19.2. The Morgan fingerprint density at radius 1 is 1.22 bits per heavy atom. The summed E-state index contributed by atoms with van der Waals surface area (Å²) in [6.45, 7) is 5.47. The number of morpholine rings is 1. The maximum absolute atomic E-state index is 14.1. The standard InChI is InChI=1S/C25H26ClFN8O2/c1-15-2-4-20(27)21(10-15)32-25(36)34(29)22-5-3-16(11-19(22)26)18-12-17(13-33-6-8-37-9-7-33)35-23(18)24(28)30-14-31-35/h2-5,10-12,14H,6-9,13,29H2,1H3,(H,32,36)(H2,28,30,31). The van der Waals surface area contributed by atoms with Crippen LogP contribution in [0.2, 0.25) is 5.02 Å². The first kappa shape index (κ1) is 24.9. The SMILES string of the molecule is Cc1ccc(F)c(NC(=O)N(N)c2ccc(-c3cc(CN4CCOCC4)n4ncnc(N)c34)cc2Cl)c1. The van der Waals surface area contributed by atoms with Crippen molar-refractivity contribution in [3.8, 4) is 11.1 Å². The van der Waals surface area contributed by atoms with Gasteiger partial charge in [0.25, 0.3) is 0 Å². The van der Waals surface area contributed by atoms with Gasteiger partial charge in [-0.25, -0.2) is 29.5 Å². The lowest BCUT2D eigenvalue weighted by molar-refractivity contribution is 0.0334. The Hall–Kier alpha value is -3.77. The van der Waals surface area contributed by atoms with E-state index in [0.29, 0.717) is 31.1 Å². The fourth-order valence-corrected chi connectivity index (χ4v) is 4.62. The number of nitrogen functional groups attached to an aromatic ring is 1. The minimum atomic E-state index is -0.737. The first-order chi connectivity index (χ1) is 17.8. The number of amides is 2. The van der Waals surface area contributed by atoms with Crippen molar-refractivity contribution in [2.24, 2.45) is 5.84 Å². The molecule has 1 aliphatic heterocycles. The lowest BCUT2D eigenvalue weighted by Crippen LogP contribution is -2.41. The normalized spacial score (nSPS) is 14.2. The number of anilines is 3. The van der Waals surface area contributed by atoms with Crippen molar-refractivity contribution >= 4 is 40.3 Å². The number of aromatic nitrogens is 3. The number of rotatable bonds is 5. The topological polar surface area (TPSA) is 127 Å². The molecule has 0 saturated carbocycles. The van der Waals surface area contributed by atoms with Crippen molar-refractivity contribution in [1.29, 1.82) is 0 Å². The van der Waals surface area contributed by atoms with E-state index in [-0.39, 0.29) is 16.4 Å². The molecule has 2 amide bonds. The molecule has 0 atom stereocenters. The Morgan fingerprint density at radius 2 is 2.00 bits per heavy atom. The van der Waals surface area contributed by atoms with Gasteiger partial charge in [0.2, 0.25) is 0 Å². The summed E-state index contributed by atoms with van der Waals surface area (Å²) in [5.74, 6) is 5.81. The highest BCUT2D eigenvalue weighted by Crippen LogP contribution is 2.35. The molecule has 4 aromatic rings. The van der Waals surface area contributed by atoms with E-state index in [4.69, 9.17) is 27.9 Å². The number of ether oxygens (including phenoxy) is 1. The highest BCUT2D eigenvalue weighted by Gasteiger charge is 2.21. The predicted molar refractivity (Wildman–Crippen MR) is 141 cm³/mol. The van der Waals surface area contributed by atoms with Gasteiger partial charge < -0.3 is 15.8 Å². The maximum Gasteiger partial charge on any atom is 0.340 e. The monoisotopic (exact) mass is 524 g/mol. The second kappa shape index (κ2) is 10.3. The van der Waals surface area contributed by atoms with Crippen molar-refractivity contribution in [2.45, 2.75) is 13.5 Å². The summed E-state index contributed by atoms with van der Waals surface area (Å²) in [7, 11) is 0. The number of halogens is 2. The summed E-state index contributed by atoms with van der Waals surface area (Å²) in [6, 6.07) is 10.8. The highest BCUT2D eigenvalue weighted by molar-refractivity contribution is 6.34. The fourth-order valence-electron chi connectivity index (χ4n) is 4.34. The van der Waals surface area contributed by atoms with E-state index in [9.17, 15) is 9.18 Å². The zero-order chi connectivity index (χ0) is 26.1. The summed E-state index contributed by atoms with van der Waals surface area (Å²) in [5.41, 5.74) is 10.5. The van der Waals surface area contributed by atoms with Crippen LogP contribution in [0.15, 0.2) is 48.8 Å². The lowest BCUT2D eigenvalue weighted by atomic mass is 10.1. The van der Waals surface area contributed by atoms with Gasteiger partial charge >= 0.3 is 6.03 Å². The van der Waals surface area contributed by atoms with Gasteiger partial charge in [0.15, 0.2) is 5.82 Å². The van der Waals surface area contributed by atoms with Gasteiger partial charge in [-0.1, -0.05) is 23.7 Å². The highest BCUT2D eigenvalue weighted by atomic mass is 35.5. The third-order valence-electron chi connectivity index (χ3n) is 6.25. The second-order valence-corrected chi connectivity index (χ2v) is 9.20. The van der Waals surface area contributed by atoms with Crippen LogP contribution in [0.25, 0.3) is 16.6 Å². The largest absolute Gasteiger partial charge is 0.382 e. The number of nitrogens with zero attached hydrogens (tertiary/aromatic N) is 5. The number of urea groups is 1. The molecule has 0 bridgehead atoms. The van der Waals surface area contributed by atoms with Crippen LogP contribution in [-0.2, 0) is 11.3 Å². The molecule has 10 nitrogen and oxygen atoms in total. The summed E-state index contributed by atoms with van der Waals surface area (Å²) < 4.78 is 21.3. The van der Waals surface area contributed by atoms with E-state index in [1.54, 1.807) is 35.7 Å². The van der Waals surface area contributed by atoms with Crippen molar-refractivity contribution < 1.29 is 13.9 Å². The van der Waals surface area contributed by atoms with Crippen molar-refractivity contribution in [1.82, 2.24) is 19.5 Å². The van der Waals surface area contributed by atoms with Crippen LogP contribution in [0.1, 0.15) is 11.3 Å². The van der Waals surface area contributed by atoms with Crippen molar-refractivity contribution in [2.75, 3.05) is 42.4 Å². The molecule has 192 valence electrons. The van der Waals surface area contributed by atoms with Gasteiger partial charge in [-0.05, 0) is 48.4 Å². The Kier molecular flexibility index (Phi) is 6.94. The molecular formula is C25H26ClFN8O2. The Morgan fingerprint density at radius 3 is 2.76 bits per heavy atom. The number of nitrogens with two attached hydrogens (primary N) is 2. The molecule has 0 radical (unpaired) electrons. The predicted octanol–water partition coefficient (Wildman–Crippen LogP) is 3.82. The number of hydrazine groups is 1. The van der Waals surface area contributed by atoms with E-state index in [2.05, 4.69) is 20.3 Å². The number of nitrogens with one attached hydrogen (secondary N) is 1. The Balaban J connectivity index is 1.44. The average molecular weight is 525 g/mol. The quantitative estimate of drug-likeness (QED) is 0.206. The fraction of sp³-hybridized carbons (Fsp3) is 0.240. The minimum absolute atomic E-state index is 0.0248. The molecule has 5 N–H and O–H groups in total. The Labute approximate surface area is 217 Å². The van der Waals surface area contributed by atoms with Crippen LogP contribution in [0.5, 0.6) is 0 Å². The van der Waals surface area contributed by atoms with Crippen molar-refractivity contribution in [3.63, 3.8) is 0 Å². The second-order valence-electron chi connectivity index (χ2n) is 8.79. The lowest BCUT2D eigenvalue weighted by Gasteiger charge is -2.26. The van der Waals surface area contributed by atoms with Gasteiger partial charge in [-0.15, -0.1) is 0 Å². The van der Waals surface area contributed by atoms with E-state index >= 15 is 0 Å². The number of benzene rings is 2. The molecule has 2 aromatic heterocycles. The molecular weight excluding hydrogens is 499 g/mol. The number of carbonyl (C=O) groups excluding carboxylic acids is 1. The third-order valence-corrected chi connectivity index (χ3v) is 6.55. The van der Waals surface area contributed by atoms with E-state index in [0.717, 1.165) is 40.5 Å². The van der Waals surface area contributed by atoms with Crippen LogP contribution in [0, 0.1) is 12.7 Å². The van der Waals surface area contributed by atoms with Crippen molar-refractivity contribution in [3.05, 3.63) is 70.9 Å². The van der Waals surface area contributed by atoms with Crippen LogP contribution in [0.3, 0.4) is 0 Å². The van der Waals surface area contributed by atoms with Gasteiger partial charge in [0.05, 0.1) is 35.3 Å². The molecule has 0 unspecified atom stereocenters. The molecule has 0 aliphatic carbocycles. The molecule has 2 aromatic carbocycles. The molecule has 1 aliphatic rings. The van der Waals surface area contributed by atoms with Crippen LogP contribution in [-0.4, -0.2) is 51.8 Å². The third kappa shape index (κ3) is 5.07. The number of carbonyl (C=O) groups is 1. The summed E-state index contributed by atoms with van der Waals surface area (Å²) in [6.07, 6.45) is 1.42. The molecule has 5 rings (SSSR count). The van der Waals surface area contributed by atoms with Gasteiger partial charge in [-0.2, -0.15) is 5.10 Å². The maximum atomic E-state index is 14.1. The Bertz CT molecular complexity index is 1470. The molecule has 3 heterocycles. The molecule has 0 spiro atoms. The van der Waals surface area contributed by atoms with E-state index in [1.165, 1.54) is 18.5 Å². The smallest absolute Gasteiger partial charge is 0.340 e. The number of hydrogen-bond acceptors (Lipinski definition) is 7. The van der Waals surface area contributed by atoms with Gasteiger partial charge in [0.1, 0.15) is 17.7 Å². The van der Waals surface area contributed by atoms with Gasteiger partial charge in [0, 0.05) is 25.2 Å². The number of hydrogen-bond donors (Lipinski definition) is 3. The summed E-state index contributed by atoms with van der Waals surface area (Å²) >= 11 is 6.56. The molecule has 12 heteroatoms. The minimum Gasteiger partial charge on any atom is -0.382 e. The average Bonchev–Trinajstić information content (AvgIpc) is 3.26. The first-order valence-electron chi connectivity index (χ1n) is 11.6. The van der Waals surface area contributed by atoms with E-state index in [1.807, 2.05) is 6.07 Å². The summed E-state index contributed by atoms with van der Waals surface area (Å²) in [5, 5.41) is 7.96. The van der Waals surface area contributed by atoms with Crippen LogP contribution < -0.4 is 21.9 Å².